The quantitative estimate of drug-likeness (QED) is 0.498. The van der Waals surface area contributed by atoms with Crippen molar-refractivity contribution in [3.8, 4) is 11.3 Å². The lowest BCUT2D eigenvalue weighted by atomic mass is 10.1. The molecule has 1 aromatic carbocycles. The van der Waals surface area contributed by atoms with Crippen LogP contribution in [0.5, 0.6) is 0 Å². The number of halogens is 1. The molecular formula is C15H10BrN3O2S. The van der Waals surface area contributed by atoms with Gasteiger partial charge in [-0.2, -0.15) is 0 Å². The molecule has 0 aliphatic rings. The second-order valence-corrected chi connectivity index (χ2v) is 6.59. The first-order valence-corrected chi connectivity index (χ1v) is 8.40. The van der Waals surface area contributed by atoms with Crippen LogP contribution in [0.2, 0.25) is 0 Å². The molecule has 0 unspecified atom stereocenters. The van der Waals surface area contributed by atoms with E-state index in [1.165, 1.54) is 11.3 Å². The van der Waals surface area contributed by atoms with Crippen molar-refractivity contribution in [2.24, 2.45) is 0 Å². The summed E-state index contributed by atoms with van der Waals surface area (Å²) in [6.45, 7) is 2.01. The summed E-state index contributed by atoms with van der Waals surface area (Å²) >= 11 is 4.90. The van der Waals surface area contributed by atoms with E-state index in [-0.39, 0.29) is 5.63 Å². The average Bonchev–Trinajstić information content (AvgIpc) is 3.08. The first-order chi connectivity index (χ1) is 10.7. The van der Waals surface area contributed by atoms with Crippen molar-refractivity contribution in [3.63, 3.8) is 0 Å². The fourth-order valence-corrected chi connectivity index (χ4v) is 3.69. The van der Waals surface area contributed by atoms with Crippen molar-refractivity contribution in [2.75, 3.05) is 0 Å². The molecule has 0 amide bonds. The van der Waals surface area contributed by atoms with Crippen LogP contribution in [0.15, 0.2) is 43.3 Å². The summed E-state index contributed by atoms with van der Waals surface area (Å²) in [5, 5.41) is 11.1. The molecule has 0 spiro atoms. The first kappa shape index (κ1) is 13.7. The summed E-state index contributed by atoms with van der Waals surface area (Å²) in [5.74, 6) is 0.833. The Morgan fingerprint density at radius 1 is 1.32 bits per heavy atom. The molecule has 4 rings (SSSR count). The van der Waals surface area contributed by atoms with Crippen LogP contribution in [-0.2, 0) is 6.42 Å². The van der Waals surface area contributed by atoms with Crippen molar-refractivity contribution in [1.82, 2.24) is 14.6 Å². The van der Waals surface area contributed by atoms with Gasteiger partial charge in [-0.05, 0) is 24.3 Å². The Morgan fingerprint density at radius 2 is 2.18 bits per heavy atom. The molecule has 0 aliphatic carbocycles. The lowest BCUT2D eigenvalue weighted by Gasteiger charge is -2.03. The molecule has 3 aromatic heterocycles. The van der Waals surface area contributed by atoms with Crippen molar-refractivity contribution in [3.05, 3.63) is 50.4 Å². The summed E-state index contributed by atoms with van der Waals surface area (Å²) in [7, 11) is 0. The van der Waals surface area contributed by atoms with Crippen LogP contribution in [-0.4, -0.2) is 14.6 Å². The molecule has 0 atom stereocenters. The van der Waals surface area contributed by atoms with Crippen LogP contribution in [0.25, 0.3) is 27.2 Å². The van der Waals surface area contributed by atoms with Crippen LogP contribution in [0, 0.1) is 0 Å². The van der Waals surface area contributed by atoms with Crippen LogP contribution in [0.3, 0.4) is 0 Å². The number of hydrogen-bond acceptors (Lipinski definition) is 5. The van der Waals surface area contributed by atoms with Gasteiger partial charge in [0.15, 0.2) is 0 Å². The molecule has 0 saturated carbocycles. The number of aryl methyl sites for hydroxylation is 1. The Labute approximate surface area is 137 Å². The van der Waals surface area contributed by atoms with Gasteiger partial charge < -0.3 is 4.42 Å². The number of thiazole rings is 1. The van der Waals surface area contributed by atoms with Gasteiger partial charge in [-0.15, -0.1) is 21.5 Å². The molecular weight excluding hydrogens is 366 g/mol. The molecule has 5 nitrogen and oxygen atoms in total. The van der Waals surface area contributed by atoms with E-state index < -0.39 is 0 Å². The smallest absolute Gasteiger partial charge is 0.345 e. The number of aromatic nitrogens is 3. The second kappa shape index (κ2) is 5.03. The SMILES string of the molecule is CCc1nnc2scc(-c3cc4cc(Br)ccc4oc3=O)n12. The van der Waals surface area contributed by atoms with Crippen molar-refractivity contribution in [2.45, 2.75) is 13.3 Å². The van der Waals surface area contributed by atoms with Crippen LogP contribution in [0.1, 0.15) is 12.7 Å². The van der Waals surface area contributed by atoms with Crippen LogP contribution < -0.4 is 5.63 Å². The van der Waals surface area contributed by atoms with Gasteiger partial charge in [0.1, 0.15) is 11.4 Å². The molecule has 22 heavy (non-hydrogen) atoms. The summed E-state index contributed by atoms with van der Waals surface area (Å²) in [5.41, 5.74) is 1.51. The van der Waals surface area contributed by atoms with E-state index >= 15 is 0 Å². The molecule has 7 heteroatoms. The molecule has 0 radical (unpaired) electrons. The average molecular weight is 376 g/mol. The van der Waals surface area contributed by atoms with Gasteiger partial charge in [-0.3, -0.25) is 4.40 Å². The molecule has 0 saturated heterocycles. The summed E-state index contributed by atoms with van der Waals surface area (Å²) in [4.78, 5) is 13.1. The van der Waals surface area contributed by atoms with Crippen molar-refractivity contribution in [1.29, 1.82) is 0 Å². The number of hydrogen-bond donors (Lipinski definition) is 0. The second-order valence-electron chi connectivity index (χ2n) is 4.84. The molecule has 0 N–H and O–H groups in total. The number of benzene rings is 1. The maximum absolute atomic E-state index is 12.4. The minimum absolute atomic E-state index is 0.356. The number of rotatable bonds is 2. The standard InChI is InChI=1S/C15H10BrN3O2S/c1-2-13-17-18-15-19(13)11(7-22-15)10-6-8-5-9(16)3-4-12(8)21-14(10)20/h3-7H,2H2,1H3. The Morgan fingerprint density at radius 3 is 3.00 bits per heavy atom. The van der Waals surface area contributed by atoms with Crippen LogP contribution >= 0.6 is 27.3 Å². The van der Waals surface area contributed by atoms with Crippen molar-refractivity contribution < 1.29 is 4.42 Å². The van der Waals surface area contributed by atoms with Gasteiger partial charge in [-0.25, -0.2) is 4.79 Å². The van der Waals surface area contributed by atoms with Gasteiger partial charge in [0.2, 0.25) is 4.96 Å². The highest BCUT2D eigenvalue weighted by Gasteiger charge is 2.16. The monoisotopic (exact) mass is 375 g/mol. The van der Waals surface area contributed by atoms with Gasteiger partial charge in [-0.1, -0.05) is 22.9 Å². The first-order valence-electron chi connectivity index (χ1n) is 6.72. The normalized spacial score (nSPS) is 11.5. The largest absolute Gasteiger partial charge is 0.422 e. The highest BCUT2D eigenvalue weighted by Crippen LogP contribution is 2.27. The summed E-state index contributed by atoms with van der Waals surface area (Å²) in [6.07, 6.45) is 0.745. The van der Waals surface area contributed by atoms with E-state index in [0.717, 1.165) is 32.8 Å². The third-order valence-electron chi connectivity index (χ3n) is 3.50. The molecule has 0 aliphatic heterocycles. The van der Waals surface area contributed by atoms with Crippen molar-refractivity contribution >= 4 is 43.2 Å². The topological polar surface area (TPSA) is 60.4 Å². The van der Waals surface area contributed by atoms with E-state index in [9.17, 15) is 4.79 Å². The minimum atomic E-state index is -0.356. The third kappa shape index (κ3) is 2.00. The van der Waals surface area contributed by atoms with Crippen LogP contribution in [0.4, 0.5) is 0 Å². The fraction of sp³-hybridized carbons (Fsp3) is 0.133. The lowest BCUT2D eigenvalue weighted by molar-refractivity contribution is 0.563. The molecule has 4 aromatic rings. The van der Waals surface area contributed by atoms with E-state index in [1.807, 2.05) is 34.9 Å². The summed E-state index contributed by atoms with van der Waals surface area (Å²) in [6, 6.07) is 7.41. The predicted molar refractivity (Wildman–Crippen MR) is 89.4 cm³/mol. The maximum atomic E-state index is 12.4. The highest BCUT2D eigenvalue weighted by molar-refractivity contribution is 9.10. The third-order valence-corrected chi connectivity index (χ3v) is 4.81. The Balaban J connectivity index is 2.05. The summed E-state index contributed by atoms with van der Waals surface area (Å²) < 4.78 is 8.30. The van der Waals surface area contributed by atoms with E-state index in [4.69, 9.17) is 4.42 Å². The minimum Gasteiger partial charge on any atom is -0.422 e. The lowest BCUT2D eigenvalue weighted by Crippen LogP contribution is -2.05. The molecule has 0 bridgehead atoms. The zero-order valence-electron chi connectivity index (χ0n) is 11.5. The van der Waals surface area contributed by atoms with E-state index in [0.29, 0.717) is 11.1 Å². The predicted octanol–water partition coefficient (Wildman–Crippen LogP) is 3.89. The zero-order chi connectivity index (χ0) is 15.3. The number of nitrogens with zero attached hydrogens (tertiary/aromatic N) is 3. The Hall–Kier alpha value is -1.99. The maximum Gasteiger partial charge on any atom is 0.345 e. The highest BCUT2D eigenvalue weighted by atomic mass is 79.9. The van der Waals surface area contributed by atoms with E-state index in [1.54, 1.807) is 6.07 Å². The van der Waals surface area contributed by atoms with E-state index in [2.05, 4.69) is 26.1 Å². The van der Waals surface area contributed by atoms with Gasteiger partial charge >= 0.3 is 5.63 Å². The van der Waals surface area contributed by atoms with Gasteiger partial charge in [0, 0.05) is 21.7 Å². The van der Waals surface area contributed by atoms with Gasteiger partial charge in [0.25, 0.3) is 0 Å². The Bertz CT molecular complexity index is 1060. The molecule has 0 fully saturated rings. The number of fused-ring (bicyclic) bond motifs is 2. The molecule has 110 valence electrons. The fourth-order valence-electron chi connectivity index (χ4n) is 2.47. The van der Waals surface area contributed by atoms with Gasteiger partial charge in [0.05, 0.1) is 11.3 Å². The molecule has 3 heterocycles. The zero-order valence-corrected chi connectivity index (χ0v) is 13.9. The Kier molecular flexibility index (Phi) is 3.12.